The fraction of sp³-hybridized carbons (Fsp3) is 0.100. The number of pyridine rings is 1. The summed E-state index contributed by atoms with van der Waals surface area (Å²) in [5.74, 6) is 0.531. The van der Waals surface area contributed by atoms with Crippen molar-refractivity contribution in [3.8, 4) is 11.1 Å². The van der Waals surface area contributed by atoms with Gasteiger partial charge in [-0.1, -0.05) is 0 Å². The molecule has 2 N–H and O–H groups in total. The largest absolute Gasteiger partial charge is 0.384 e. The van der Waals surface area contributed by atoms with E-state index in [0.717, 1.165) is 16.7 Å². The molecule has 0 atom stereocenters. The van der Waals surface area contributed by atoms with Gasteiger partial charge in [-0.05, 0) is 18.6 Å². The van der Waals surface area contributed by atoms with Gasteiger partial charge in [-0.2, -0.15) is 0 Å². The number of hydrogen-bond donors (Lipinski definition) is 1. The number of nitrogen functional groups attached to an aromatic ring is 1. The molecule has 70 valence electrons. The second kappa shape index (κ2) is 3.41. The number of hydrogen-bond acceptors (Lipinski definition) is 4. The Balaban J connectivity index is 2.53. The van der Waals surface area contributed by atoms with Crippen LogP contribution < -0.4 is 5.73 Å². The highest BCUT2D eigenvalue weighted by atomic mass is 14.8. The van der Waals surface area contributed by atoms with Crippen molar-refractivity contribution >= 4 is 5.82 Å². The molecule has 0 radical (unpaired) electrons. The zero-order valence-electron chi connectivity index (χ0n) is 7.81. The van der Waals surface area contributed by atoms with Gasteiger partial charge in [0.15, 0.2) is 0 Å². The minimum Gasteiger partial charge on any atom is -0.384 e. The molecule has 0 saturated heterocycles. The Labute approximate surface area is 81.9 Å². The van der Waals surface area contributed by atoms with E-state index >= 15 is 0 Å². The first-order valence-corrected chi connectivity index (χ1v) is 4.25. The minimum atomic E-state index is 0.531. The molecule has 0 unspecified atom stereocenters. The van der Waals surface area contributed by atoms with Crippen molar-refractivity contribution in [1.29, 1.82) is 0 Å². The van der Waals surface area contributed by atoms with Gasteiger partial charge in [0, 0.05) is 29.7 Å². The van der Waals surface area contributed by atoms with Crippen LogP contribution in [-0.4, -0.2) is 15.0 Å². The summed E-state index contributed by atoms with van der Waals surface area (Å²) >= 11 is 0. The number of nitrogens with zero attached hydrogens (tertiary/aromatic N) is 3. The first kappa shape index (κ1) is 8.62. The Bertz CT molecular complexity index is 439. The third kappa shape index (κ3) is 1.54. The van der Waals surface area contributed by atoms with Crippen molar-refractivity contribution in [2.75, 3.05) is 5.73 Å². The van der Waals surface area contributed by atoms with Crippen LogP contribution in [-0.2, 0) is 0 Å². The number of aryl methyl sites for hydroxylation is 1. The third-order valence-electron chi connectivity index (χ3n) is 2.00. The molecule has 0 aliphatic rings. The average Bonchev–Trinajstić information content (AvgIpc) is 2.19. The Hall–Kier alpha value is -1.97. The van der Waals surface area contributed by atoms with Crippen molar-refractivity contribution in [3.05, 3.63) is 36.5 Å². The van der Waals surface area contributed by atoms with Crippen molar-refractivity contribution in [2.24, 2.45) is 0 Å². The lowest BCUT2D eigenvalue weighted by atomic mass is 10.1. The van der Waals surface area contributed by atoms with Crippen molar-refractivity contribution in [3.63, 3.8) is 0 Å². The van der Waals surface area contributed by atoms with Gasteiger partial charge in [0.1, 0.15) is 12.1 Å². The Kier molecular flexibility index (Phi) is 2.10. The van der Waals surface area contributed by atoms with Gasteiger partial charge in [-0.25, -0.2) is 15.0 Å². The number of anilines is 1. The van der Waals surface area contributed by atoms with E-state index < -0.39 is 0 Å². The van der Waals surface area contributed by atoms with Crippen molar-refractivity contribution in [2.45, 2.75) is 6.92 Å². The predicted molar refractivity (Wildman–Crippen MR) is 54.4 cm³/mol. The van der Waals surface area contributed by atoms with Crippen LogP contribution in [0.15, 0.2) is 31.0 Å². The molecule has 0 aliphatic heterocycles. The zero-order valence-corrected chi connectivity index (χ0v) is 7.81. The molecule has 4 nitrogen and oxygen atoms in total. The van der Waals surface area contributed by atoms with Crippen LogP contribution in [0.25, 0.3) is 11.1 Å². The Morgan fingerprint density at radius 3 is 2.50 bits per heavy atom. The van der Waals surface area contributed by atoms with E-state index in [1.165, 1.54) is 6.33 Å². The molecular weight excluding hydrogens is 176 g/mol. The maximum absolute atomic E-state index is 5.56. The Morgan fingerprint density at radius 2 is 1.86 bits per heavy atom. The van der Waals surface area contributed by atoms with Crippen LogP contribution in [0.5, 0.6) is 0 Å². The fourth-order valence-electron chi connectivity index (χ4n) is 1.32. The second-order valence-corrected chi connectivity index (χ2v) is 3.05. The molecule has 0 fully saturated rings. The van der Waals surface area contributed by atoms with Crippen LogP contribution in [0.2, 0.25) is 0 Å². The summed E-state index contributed by atoms with van der Waals surface area (Å²) in [7, 11) is 0. The van der Waals surface area contributed by atoms with Crippen LogP contribution in [0.4, 0.5) is 5.82 Å². The number of aromatic nitrogens is 3. The van der Waals surface area contributed by atoms with E-state index in [2.05, 4.69) is 15.0 Å². The first-order valence-electron chi connectivity index (χ1n) is 4.25. The molecule has 2 rings (SSSR count). The van der Waals surface area contributed by atoms with Crippen LogP contribution in [0.3, 0.4) is 0 Å². The first-order chi connectivity index (χ1) is 6.77. The molecule has 0 spiro atoms. The quantitative estimate of drug-likeness (QED) is 0.731. The topological polar surface area (TPSA) is 64.7 Å². The molecule has 0 bridgehead atoms. The van der Waals surface area contributed by atoms with E-state index in [-0.39, 0.29) is 0 Å². The van der Waals surface area contributed by atoms with Crippen molar-refractivity contribution in [1.82, 2.24) is 15.0 Å². The summed E-state index contributed by atoms with van der Waals surface area (Å²) in [6, 6.07) is 1.84. The van der Waals surface area contributed by atoms with Gasteiger partial charge < -0.3 is 5.73 Å². The van der Waals surface area contributed by atoms with Crippen LogP contribution in [0.1, 0.15) is 5.56 Å². The van der Waals surface area contributed by atoms with Gasteiger partial charge >= 0.3 is 0 Å². The molecule has 0 saturated carbocycles. The van der Waals surface area contributed by atoms with E-state index in [0.29, 0.717) is 5.82 Å². The molecule has 0 aromatic carbocycles. The normalized spacial score (nSPS) is 10.1. The molecular formula is C10H10N4. The van der Waals surface area contributed by atoms with E-state index in [1.54, 1.807) is 18.6 Å². The van der Waals surface area contributed by atoms with Gasteiger partial charge in [-0.15, -0.1) is 0 Å². The zero-order chi connectivity index (χ0) is 9.97. The van der Waals surface area contributed by atoms with Gasteiger partial charge in [0.2, 0.25) is 0 Å². The van der Waals surface area contributed by atoms with E-state index in [4.69, 9.17) is 5.73 Å². The van der Waals surface area contributed by atoms with Crippen LogP contribution in [0, 0.1) is 6.92 Å². The highest BCUT2D eigenvalue weighted by Gasteiger charge is 2.02. The molecule has 0 amide bonds. The summed E-state index contributed by atoms with van der Waals surface area (Å²) in [6.07, 6.45) is 6.76. The summed E-state index contributed by atoms with van der Waals surface area (Å²) in [6.45, 7) is 1.99. The minimum absolute atomic E-state index is 0.531. The SMILES string of the molecule is Cc1cc(N)ncc1-c1cncnc1. The average molecular weight is 186 g/mol. The highest BCUT2D eigenvalue weighted by molar-refractivity contribution is 5.65. The standard InChI is InChI=1S/C10H10N4/c1-7-2-10(11)14-5-9(7)8-3-12-6-13-4-8/h2-6H,1H3,(H2,11,14). The highest BCUT2D eigenvalue weighted by Crippen LogP contribution is 2.21. The van der Waals surface area contributed by atoms with Gasteiger partial charge in [0.25, 0.3) is 0 Å². The summed E-state index contributed by atoms with van der Waals surface area (Å²) in [5, 5.41) is 0. The molecule has 2 aromatic heterocycles. The summed E-state index contributed by atoms with van der Waals surface area (Å²) in [5.41, 5.74) is 8.61. The molecule has 0 aliphatic carbocycles. The Morgan fingerprint density at radius 1 is 1.14 bits per heavy atom. The monoisotopic (exact) mass is 186 g/mol. The van der Waals surface area contributed by atoms with Crippen molar-refractivity contribution < 1.29 is 0 Å². The molecule has 2 heterocycles. The number of rotatable bonds is 1. The summed E-state index contributed by atoms with van der Waals surface area (Å²) < 4.78 is 0. The fourth-order valence-corrected chi connectivity index (χ4v) is 1.32. The lowest BCUT2D eigenvalue weighted by Gasteiger charge is -2.04. The van der Waals surface area contributed by atoms with Crippen LogP contribution >= 0.6 is 0 Å². The number of nitrogens with two attached hydrogens (primary N) is 1. The molecule has 4 heteroatoms. The summed E-state index contributed by atoms with van der Waals surface area (Å²) in [4.78, 5) is 11.9. The maximum Gasteiger partial charge on any atom is 0.123 e. The second-order valence-electron chi connectivity index (χ2n) is 3.05. The lowest BCUT2D eigenvalue weighted by Crippen LogP contribution is -1.93. The molecule has 14 heavy (non-hydrogen) atoms. The van der Waals surface area contributed by atoms with Gasteiger partial charge in [0.05, 0.1) is 0 Å². The maximum atomic E-state index is 5.56. The smallest absolute Gasteiger partial charge is 0.123 e. The predicted octanol–water partition coefficient (Wildman–Crippen LogP) is 1.43. The molecule has 2 aromatic rings. The van der Waals surface area contributed by atoms with E-state index in [1.807, 2.05) is 13.0 Å². The third-order valence-corrected chi connectivity index (χ3v) is 2.00. The van der Waals surface area contributed by atoms with E-state index in [9.17, 15) is 0 Å². The van der Waals surface area contributed by atoms with Gasteiger partial charge in [-0.3, -0.25) is 0 Å². The lowest BCUT2D eigenvalue weighted by molar-refractivity contribution is 1.16.